The smallest absolute Gasteiger partial charge is 0.145 e. The van der Waals surface area contributed by atoms with Crippen molar-refractivity contribution in [2.45, 2.75) is 19.9 Å². The predicted molar refractivity (Wildman–Crippen MR) is 84.9 cm³/mol. The Labute approximate surface area is 130 Å². The van der Waals surface area contributed by atoms with Crippen molar-refractivity contribution in [2.24, 2.45) is 0 Å². The Morgan fingerprint density at radius 2 is 1.95 bits per heavy atom. The molecule has 1 N–H and O–H groups in total. The van der Waals surface area contributed by atoms with Gasteiger partial charge in [0.2, 0.25) is 0 Å². The van der Waals surface area contributed by atoms with Gasteiger partial charge in [-0.15, -0.1) is 0 Å². The summed E-state index contributed by atoms with van der Waals surface area (Å²) in [7, 11) is 0. The fourth-order valence-corrected chi connectivity index (χ4v) is 2.83. The van der Waals surface area contributed by atoms with Crippen LogP contribution in [-0.2, 0) is 0 Å². The molecule has 3 aromatic rings. The summed E-state index contributed by atoms with van der Waals surface area (Å²) in [4.78, 5) is 4.61. The Kier molecular flexibility index (Phi) is 3.45. The second kappa shape index (κ2) is 5.15. The molecule has 108 valence electrons. The molecule has 0 aliphatic heterocycles. The Morgan fingerprint density at radius 3 is 2.62 bits per heavy atom. The zero-order valence-electron chi connectivity index (χ0n) is 11.6. The van der Waals surface area contributed by atoms with Gasteiger partial charge in [0, 0.05) is 16.6 Å². The second-order valence-electron chi connectivity index (χ2n) is 5.19. The van der Waals surface area contributed by atoms with Gasteiger partial charge >= 0.3 is 0 Å². The van der Waals surface area contributed by atoms with Crippen LogP contribution in [0.25, 0.3) is 22.4 Å². The van der Waals surface area contributed by atoms with Crippen LogP contribution in [-0.4, -0.2) is 14.7 Å². The van der Waals surface area contributed by atoms with Crippen molar-refractivity contribution in [3.63, 3.8) is 0 Å². The Balaban J connectivity index is 2.33. The van der Waals surface area contributed by atoms with E-state index in [0.717, 1.165) is 21.6 Å². The third-order valence-corrected chi connectivity index (χ3v) is 3.86. The van der Waals surface area contributed by atoms with E-state index in [9.17, 15) is 9.50 Å². The highest BCUT2D eigenvalue weighted by atomic mass is 79.9. The van der Waals surface area contributed by atoms with Gasteiger partial charge in [0.25, 0.3) is 0 Å². The summed E-state index contributed by atoms with van der Waals surface area (Å²) in [6.45, 7) is 4.10. The fourth-order valence-electron chi connectivity index (χ4n) is 2.48. The van der Waals surface area contributed by atoms with Crippen molar-refractivity contribution in [3.8, 4) is 17.1 Å². The summed E-state index contributed by atoms with van der Waals surface area (Å²) in [5, 5.41) is 10.0. The van der Waals surface area contributed by atoms with Crippen molar-refractivity contribution in [1.29, 1.82) is 0 Å². The van der Waals surface area contributed by atoms with E-state index in [4.69, 9.17) is 0 Å². The molecule has 0 bridgehead atoms. The summed E-state index contributed by atoms with van der Waals surface area (Å²) in [5.41, 5.74) is 2.33. The summed E-state index contributed by atoms with van der Waals surface area (Å²) in [6, 6.07) is 10.0. The number of aromatic nitrogens is 2. The number of imidazole rings is 1. The van der Waals surface area contributed by atoms with Crippen molar-refractivity contribution in [2.75, 3.05) is 0 Å². The maximum Gasteiger partial charge on any atom is 0.145 e. The highest BCUT2D eigenvalue weighted by molar-refractivity contribution is 9.10. The van der Waals surface area contributed by atoms with E-state index >= 15 is 0 Å². The minimum atomic E-state index is -0.466. The topological polar surface area (TPSA) is 38.0 Å². The first-order chi connectivity index (χ1) is 9.97. The number of nitrogens with zero attached hydrogens (tertiary/aromatic N) is 2. The second-order valence-corrected chi connectivity index (χ2v) is 6.11. The van der Waals surface area contributed by atoms with Crippen LogP contribution in [0.1, 0.15) is 19.9 Å². The molecule has 3 rings (SSSR count). The zero-order chi connectivity index (χ0) is 15.1. The largest absolute Gasteiger partial charge is 0.507 e. The van der Waals surface area contributed by atoms with Crippen LogP contribution < -0.4 is 0 Å². The molecule has 0 aliphatic carbocycles. The van der Waals surface area contributed by atoms with Gasteiger partial charge in [-0.3, -0.25) is 0 Å². The molecule has 3 nitrogen and oxygen atoms in total. The Hall–Kier alpha value is -1.88. The van der Waals surface area contributed by atoms with E-state index in [1.54, 1.807) is 6.07 Å². The lowest BCUT2D eigenvalue weighted by molar-refractivity contribution is 0.470. The van der Waals surface area contributed by atoms with E-state index in [-0.39, 0.29) is 11.8 Å². The number of halogens is 2. The molecular weight excluding hydrogens is 335 g/mol. The average molecular weight is 349 g/mol. The maximum absolute atomic E-state index is 13.2. The summed E-state index contributed by atoms with van der Waals surface area (Å²) >= 11 is 3.44. The highest BCUT2D eigenvalue weighted by Crippen LogP contribution is 2.34. The molecule has 1 aromatic heterocycles. The molecule has 0 atom stereocenters. The van der Waals surface area contributed by atoms with E-state index < -0.39 is 5.82 Å². The molecule has 0 spiro atoms. The first kappa shape index (κ1) is 14.1. The van der Waals surface area contributed by atoms with Gasteiger partial charge in [0.15, 0.2) is 0 Å². The number of phenols is 1. The number of aromatic hydroxyl groups is 1. The van der Waals surface area contributed by atoms with Gasteiger partial charge in [0.1, 0.15) is 17.4 Å². The molecule has 1 heterocycles. The van der Waals surface area contributed by atoms with E-state index in [2.05, 4.69) is 20.9 Å². The molecule has 5 heteroatoms. The van der Waals surface area contributed by atoms with Crippen LogP contribution in [0.3, 0.4) is 0 Å². The quantitative estimate of drug-likeness (QED) is 0.715. The van der Waals surface area contributed by atoms with Crippen LogP contribution in [0.2, 0.25) is 0 Å². The van der Waals surface area contributed by atoms with Crippen LogP contribution >= 0.6 is 15.9 Å². The van der Waals surface area contributed by atoms with Crippen molar-refractivity contribution in [1.82, 2.24) is 9.55 Å². The monoisotopic (exact) mass is 348 g/mol. The van der Waals surface area contributed by atoms with Gasteiger partial charge in [-0.2, -0.15) is 0 Å². The van der Waals surface area contributed by atoms with Crippen LogP contribution in [0, 0.1) is 5.82 Å². The first-order valence-electron chi connectivity index (χ1n) is 6.63. The molecule has 0 radical (unpaired) electrons. The number of fused-ring (bicyclic) bond motifs is 1. The number of hydrogen-bond donors (Lipinski definition) is 1. The van der Waals surface area contributed by atoms with Crippen molar-refractivity contribution >= 4 is 27.0 Å². The third-order valence-electron chi connectivity index (χ3n) is 3.37. The van der Waals surface area contributed by atoms with Crippen LogP contribution in [0.5, 0.6) is 5.75 Å². The van der Waals surface area contributed by atoms with Gasteiger partial charge < -0.3 is 9.67 Å². The zero-order valence-corrected chi connectivity index (χ0v) is 13.2. The van der Waals surface area contributed by atoms with Gasteiger partial charge in [-0.05, 0) is 44.2 Å². The maximum atomic E-state index is 13.2. The van der Waals surface area contributed by atoms with Crippen LogP contribution in [0.15, 0.2) is 40.9 Å². The molecule has 0 amide bonds. The number of benzene rings is 2. The van der Waals surface area contributed by atoms with Gasteiger partial charge in [-0.1, -0.05) is 15.9 Å². The van der Waals surface area contributed by atoms with Gasteiger partial charge in [-0.25, -0.2) is 9.37 Å². The summed E-state index contributed by atoms with van der Waals surface area (Å²) in [6.07, 6.45) is 0. The van der Waals surface area contributed by atoms with E-state index in [1.165, 1.54) is 6.07 Å². The van der Waals surface area contributed by atoms with E-state index in [1.807, 2.05) is 36.6 Å². The van der Waals surface area contributed by atoms with Crippen molar-refractivity contribution < 1.29 is 9.50 Å². The molecule has 0 saturated carbocycles. The minimum Gasteiger partial charge on any atom is -0.507 e. The minimum absolute atomic E-state index is 0.105. The average Bonchev–Trinajstić information content (AvgIpc) is 2.76. The number of hydrogen-bond acceptors (Lipinski definition) is 2. The van der Waals surface area contributed by atoms with E-state index in [0.29, 0.717) is 11.4 Å². The molecular formula is C16H14BrFN2O. The number of rotatable bonds is 2. The lowest BCUT2D eigenvalue weighted by atomic mass is 10.1. The lowest BCUT2D eigenvalue weighted by Crippen LogP contribution is -2.03. The summed E-state index contributed by atoms with van der Waals surface area (Å²) < 4.78 is 16.2. The highest BCUT2D eigenvalue weighted by Gasteiger charge is 2.17. The molecule has 2 aromatic carbocycles. The molecule has 21 heavy (non-hydrogen) atoms. The SMILES string of the molecule is CC(C)n1c(-c2ccc(F)cc2O)nc2cc(Br)ccc21. The standard InChI is InChI=1S/C16H14BrFN2O/c1-9(2)20-14-6-3-10(17)7-13(14)19-16(20)12-5-4-11(18)8-15(12)21/h3-9,21H,1-2H3. The fraction of sp³-hybridized carbons (Fsp3) is 0.188. The van der Waals surface area contributed by atoms with Crippen LogP contribution in [0.4, 0.5) is 4.39 Å². The third kappa shape index (κ3) is 2.42. The van der Waals surface area contributed by atoms with Gasteiger partial charge in [0.05, 0.1) is 16.6 Å². The normalized spacial score (nSPS) is 11.5. The Bertz CT molecular complexity index is 827. The summed E-state index contributed by atoms with van der Waals surface area (Å²) in [5.74, 6) is 0.0630. The molecule has 0 aliphatic rings. The molecule has 0 fully saturated rings. The predicted octanol–water partition coefficient (Wildman–Crippen LogP) is 4.89. The first-order valence-corrected chi connectivity index (χ1v) is 7.43. The van der Waals surface area contributed by atoms with Crippen molar-refractivity contribution in [3.05, 3.63) is 46.7 Å². The lowest BCUT2D eigenvalue weighted by Gasteiger charge is -2.14. The molecule has 0 unspecified atom stereocenters. The Morgan fingerprint density at radius 1 is 1.19 bits per heavy atom. The number of phenolic OH excluding ortho intramolecular Hbond substituents is 1. The molecule has 0 saturated heterocycles.